The predicted octanol–water partition coefficient (Wildman–Crippen LogP) is 3.26. The highest BCUT2D eigenvalue weighted by atomic mass is 79.9. The Kier molecular flexibility index (Phi) is 6.56. The van der Waals surface area contributed by atoms with Crippen molar-refractivity contribution in [3.8, 4) is 0 Å². The van der Waals surface area contributed by atoms with Crippen LogP contribution in [0.4, 0.5) is 15.9 Å². The number of carbonyl (C=O) groups is 1. The summed E-state index contributed by atoms with van der Waals surface area (Å²) in [7, 11) is 0. The van der Waals surface area contributed by atoms with E-state index in [1.54, 1.807) is 12.1 Å². The Morgan fingerprint density at radius 1 is 1.33 bits per heavy atom. The first-order chi connectivity index (χ1) is 14.3. The van der Waals surface area contributed by atoms with Gasteiger partial charge in [0.15, 0.2) is 5.69 Å². The van der Waals surface area contributed by atoms with Gasteiger partial charge in [-0.15, -0.1) is 0 Å². The summed E-state index contributed by atoms with van der Waals surface area (Å²) >= 11 is 3.22. The van der Waals surface area contributed by atoms with E-state index in [0.717, 1.165) is 17.4 Å². The normalized spacial score (nSPS) is 10.9. The van der Waals surface area contributed by atoms with E-state index in [0.29, 0.717) is 16.7 Å². The number of nitrogens with two attached hydrogens (primary N) is 1. The van der Waals surface area contributed by atoms with Crippen LogP contribution in [-0.4, -0.2) is 15.5 Å². The topological polar surface area (TPSA) is 114 Å². The summed E-state index contributed by atoms with van der Waals surface area (Å²) in [4.78, 5) is 41.4. The van der Waals surface area contributed by atoms with Gasteiger partial charge in [0.05, 0.1) is 18.4 Å². The highest BCUT2D eigenvalue weighted by Crippen LogP contribution is 2.25. The summed E-state index contributed by atoms with van der Waals surface area (Å²) in [5, 5.41) is 0. The van der Waals surface area contributed by atoms with Crippen molar-refractivity contribution in [3.63, 3.8) is 0 Å². The summed E-state index contributed by atoms with van der Waals surface area (Å²) in [6.07, 6.45) is 2.84. The number of hydrogen-bond donors (Lipinski definition) is 2. The number of carbonyl (C=O) groups excluding carboxylic acids is 1. The summed E-state index contributed by atoms with van der Waals surface area (Å²) in [5.74, 6) is -1.39. The molecule has 3 aromatic rings. The number of furan rings is 1. The van der Waals surface area contributed by atoms with Crippen LogP contribution in [0.2, 0.25) is 0 Å². The minimum absolute atomic E-state index is 0.174. The second-order valence-corrected chi connectivity index (χ2v) is 7.51. The number of amides is 1. The van der Waals surface area contributed by atoms with Crippen molar-refractivity contribution in [2.45, 2.75) is 32.9 Å². The lowest BCUT2D eigenvalue weighted by Gasteiger charge is -2.24. The van der Waals surface area contributed by atoms with Crippen LogP contribution in [0.3, 0.4) is 0 Å². The molecule has 0 fully saturated rings. The molecule has 3 rings (SSSR count). The average Bonchev–Trinajstić information content (AvgIpc) is 3.21. The Morgan fingerprint density at radius 3 is 2.77 bits per heavy atom. The summed E-state index contributed by atoms with van der Waals surface area (Å²) in [6.45, 7) is 2.02. The molecule has 2 heterocycles. The van der Waals surface area contributed by atoms with Gasteiger partial charge in [-0.25, -0.2) is 9.18 Å². The zero-order valence-corrected chi connectivity index (χ0v) is 17.7. The van der Waals surface area contributed by atoms with Gasteiger partial charge in [0.2, 0.25) is 0 Å². The molecule has 0 saturated heterocycles. The Bertz CT molecular complexity index is 1170. The molecular formula is C20H20BrFN4O4. The second-order valence-electron chi connectivity index (χ2n) is 6.59. The van der Waals surface area contributed by atoms with Gasteiger partial charge in [-0.1, -0.05) is 29.3 Å². The fourth-order valence-corrected chi connectivity index (χ4v) is 3.36. The van der Waals surface area contributed by atoms with Crippen molar-refractivity contribution < 1.29 is 13.6 Å². The summed E-state index contributed by atoms with van der Waals surface area (Å²) in [5.41, 5.74) is 4.13. The number of halogens is 2. The van der Waals surface area contributed by atoms with Gasteiger partial charge >= 0.3 is 5.69 Å². The van der Waals surface area contributed by atoms with Crippen LogP contribution in [0, 0.1) is 5.82 Å². The van der Waals surface area contributed by atoms with Crippen LogP contribution in [0.15, 0.2) is 55.1 Å². The number of H-pyrrole nitrogens is 1. The molecule has 2 aromatic heterocycles. The zero-order chi connectivity index (χ0) is 21.8. The van der Waals surface area contributed by atoms with Gasteiger partial charge in [-0.2, -0.15) is 0 Å². The molecule has 0 aliphatic rings. The van der Waals surface area contributed by atoms with E-state index in [9.17, 15) is 18.8 Å². The lowest BCUT2D eigenvalue weighted by molar-refractivity contribution is 0.0979. The maximum absolute atomic E-state index is 14.4. The van der Waals surface area contributed by atoms with Crippen molar-refractivity contribution in [2.24, 2.45) is 0 Å². The van der Waals surface area contributed by atoms with Crippen LogP contribution in [0.5, 0.6) is 0 Å². The highest BCUT2D eigenvalue weighted by molar-refractivity contribution is 9.10. The van der Waals surface area contributed by atoms with Gasteiger partial charge in [0.1, 0.15) is 17.4 Å². The summed E-state index contributed by atoms with van der Waals surface area (Å²) < 4.78 is 21.4. The van der Waals surface area contributed by atoms with Crippen LogP contribution in [0.1, 0.15) is 35.9 Å². The van der Waals surface area contributed by atoms with Crippen LogP contribution in [0.25, 0.3) is 0 Å². The molecular weight excluding hydrogens is 459 g/mol. The number of aromatic amines is 1. The van der Waals surface area contributed by atoms with Crippen molar-refractivity contribution in [2.75, 3.05) is 10.6 Å². The Morgan fingerprint density at radius 2 is 2.10 bits per heavy atom. The third-order valence-corrected chi connectivity index (χ3v) is 5.01. The second kappa shape index (κ2) is 9.12. The molecule has 0 saturated carbocycles. The molecule has 158 valence electrons. The molecule has 0 unspecified atom stereocenters. The van der Waals surface area contributed by atoms with Crippen LogP contribution < -0.4 is 21.9 Å². The third kappa shape index (κ3) is 4.38. The largest absolute Gasteiger partial charge is 0.467 e. The molecule has 3 N–H and O–H groups in total. The Balaban J connectivity index is 2.18. The highest BCUT2D eigenvalue weighted by Gasteiger charge is 2.28. The van der Waals surface area contributed by atoms with Crippen molar-refractivity contribution in [3.05, 3.63) is 79.0 Å². The third-order valence-electron chi connectivity index (χ3n) is 4.52. The maximum Gasteiger partial charge on any atom is 0.330 e. The number of benzene rings is 1. The molecule has 8 nitrogen and oxygen atoms in total. The monoisotopic (exact) mass is 478 g/mol. The first-order valence-electron chi connectivity index (χ1n) is 9.25. The van der Waals surface area contributed by atoms with Crippen molar-refractivity contribution >= 4 is 33.3 Å². The fraction of sp³-hybridized carbons (Fsp3) is 0.250. The zero-order valence-electron chi connectivity index (χ0n) is 16.2. The number of rotatable bonds is 7. The average molecular weight is 479 g/mol. The van der Waals surface area contributed by atoms with E-state index >= 15 is 0 Å². The minimum atomic E-state index is -0.847. The van der Waals surface area contributed by atoms with E-state index < -0.39 is 23.0 Å². The molecule has 10 heteroatoms. The fourth-order valence-electron chi connectivity index (χ4n) is 2.99. The molecule has 30 heavy (non-hydrogen) atoms. The minimum Gasteiger partial charge on any atom is -0.467 e. The van der Waals surface area contributed by atoms with Crippen molar-refractivity contribution in [1.82, 2.24) is 9.55 Å². The van der Waals surface area contributed by atoms with Crippen molar-refractivity contribution in [1.29, 1.82) is 0 Å². The number of anilines is 2. The molecule has 0 aliphatic carbocycles. The van der Waals surface area contributed by atoms with Gasteiger partial charge in [-0.3, -0.25) is 24.0 Å². The van der Waals surface area contributed by atoms with Gasteiger partial charge in [-0.05, 0) is 36.8 Å². The van der Waals surface area contributed by atoms with E-state index in [1.807, 2.05) is 6.92 Å². The lowest BCUT2D eigenvalue weighted by Crippen LogP contribution is -2.41. The number of nitrogens with one attached hydrogen (secondary N) is 1. The molecule has 0 aliphatic heterocycles. The van der Waals surface area contributed by atoms with E-state index in [1.165, 1.54) is 23.0 Å². The lowest BCUT2D eigenvalue weighted by atomic mass is 10.1. The number of nitrogen functional groups attached to an aromatic ring is 1. The van der Waals surface area contributed by atoms with E-state index in [-0.39, 0.29) is 30.2 Å². The molecule has 0 bridgehead atoms. The number of aromatic nitrogens is 2. The van der Waals surface area contributed by atoms with E-state index in [4.69, 9.17) is 10.2 Å². The number of hydrogen-bond acceptors (Lipinski definition) is 5. The predicted molar refractivity (Wildman–Crippen MR) is 114 cm³/mol. The number of nitrogens with zero attached hydrogens (tertiary/aromatic N) is 2. The van der Waals surface area contributed by atoms with Gasteiger partial charge in [0, 0.05) is 11.0 Å². The molecule has 1 aromatic carbocycles. The first kappa shape index (κ1) is 21.6. The quantitative estimate of drug-likeness (QED) is 0.540. The summed E-state index contributed by atoms with van der Waals surface area (Å²) in [6, 6.07) is 7.12. The number of unbranched alkanes of at least 4 members (excludes halogenated alkanes) is 1. The standard InChI is InChI=1S/C20H20BrFN4O4/c1-2-3-8-25-17(23)16(18(27)24-20(25)29)26(11-13-5-4-9-30-13)19(28)14-10-12(21)6-7-15(14)22/h4-7,9-10H,2-3,8,11,23H2,1H3,(H,24,27,29). The SMILES string of the molecule is CCCCn1c(N)c(N(Cc2ccco2)C(=O)c2cc(Br)ccc2F)c(=O)[nH]c1=O. The molecule has 0 radical (unpaired) electrons. The Hall–Kier alpha value is -3.14. The van der Waals surface area contributed by atoms with E-state index in [2.05, 4.69) is 20.9 Å². The maximum atomic E-state index is 14.4. The van der Waals surface area contributed by atoms with Crippen LogP contribution in [-0.2, 0) is 13.1 Å². The Labute approximate surface area is 179 Å². The van der Waals surface area contributed by atoms with Gasteiger partial charge in [0.25, 0.3) is 11.5 Å². The molecule has 0 atom stereocenters. The smallest absolute Gasteiger partial charge is 0.330 e. The van der Waals surface area contributed by atoms with Gasteiger partial charge < -0.3 is 10.2 Å². The van der Waals surface area contributed by atoms with Crippen LogP contribution >= 0.6 is 15.9 Å². The molecule has 0 spiro atoms. The first-order valence-corrected chi connectivity index (χ1v) is 10.0. The molecule has 1 amide bonds.